The molecule has 1 heterocycles. The predicted octanol–water partition coefficient (Wildman–Crippen LogP) is 3.33. The number of nitrogens with one attached hydrogen (secondary N) is 1. The van der Waals surface area contributed by atoms with Crippen LogP contribution in [-0.4, -0.2) is 35.7 Å². The summed E-state index contributed by atoms with van der Waals surface area (Å²) in [5, 5.41) is 3.49. The van der Waals surface area contributed by atoms with Gasteiger partial charge in [-0.1, -0.05) is 12.1 Å². The molecule has 1 saturated heterocycles. The van der Waals surface area contributed by atoms with Gasteiger partial charge in [0, 0.05) is 18.8 Å². The van der Waals surface area contributed by atoms with Gasteiger partial charge >= 0.3 is 6.09 Å². The maximum atomic E-state index is 11.8. The van der Waals surface area contributed by atoms with E-state index in [1.165, 1.54) is 11.1 Å². The van der Waals surface area contributed by atoms with E-state index < -0.39 is 5.60 Å². The Hall–Kier alpha value is -1.71. The largest absolute Gasteiger partial charge is 0.444 e. The average molecular weight is 276 g/mol. The third-order valence-electron chi connectivity index (χ3n) is 3.50. The monoisotopic (exact) mass is 276 g/mol. The fraction of sp³-hybridized carbons (Fsp3) is 0.562. The summed E-state index contributed by atoms with van der Waals surface area (Å²) < 4.78 is 5.34. The van der Waals surface area contributed by atoms with E-state index in [1.54, 1.807) is 4.90 Å². The molecule has 0 saturated carbocycles. The van der Waals surface area contributed by atoms with Crippen molar-refractivity contribution in [1.29, 1.82) is 0 Å². The van der Waals surface area contributed by atoms with E-state index in [0.29, 0.717) is 19.1 Å². The van der Waals surface area contributed by atoms with Crippen LogP contribution < -0.4 is 5.32 Å². The summed E-state index contributed by atoms with van der Waals surface area (Å²) in [6.45, 7) is 11.3. The summed E-state index contributed by atoms with van der Waals surface area (Å²) in [4.78, 5) is 13.6. The molecule has 1 aliphatic heterocycles. The van der Waals surface area contributed by atoms with Gasteiger partial charge in [-0.05, 0) is 51.8 Å². The van der Waals surface area contributed by atoms with Crippen LogP contribution in [0.15, 0.2) is 18.2 Å². The van der Waals surface area contributed by atoms with Crippen LogP contribution in [0, 0.1) is 13.8 Å². The molecule has 20 heavy (non-hydrogen) atoms. The van der Waals surface area contributed by atoms with Crippen molar-refractivity contribution >= 4 is 11.8 Å². The fourth-order valence-electron chi connectivity index (χ4n) is 2.17. The summed E-state index contributed by atoms with van der Waals surface area (Å²) in [6.07, 6.45) is -0.225. The Bertz CT molecular complexity index is 500. The van der Waals surface area contributed by atoms with Gasteiger partial charge in [-0.3, -0.25) is 0 Å². The summed E-state index contributed by atoms with van der Waals surface area (Å²) in [6, 6.07) is 6.55. The Kier molecular flexibility index (Phi) is 3.93. The third kappa shape index (κ3) is 3.44. The highest BCUT2D eigenvalue weighted by molar-refractivity contribution is 5.70. The number of amides is 1. The second kappa shape index (κ2) is 5.35. The highest BCUT2D eigenvalue weighted by atomic mass is 16.6. The second-order valence-corrected chi connectivity index (χ2v) is 6.47. The normalized spacial score (nSPS) is 15.8. The Labute approximate surface area is 121 Å². The number of aryl methyl sites for hydroxylation is 1. The number of rotatable bonds is 2. The topological polar surface area (TPSA) is 41.6 Å². The number of likely N-dealkylation sites (tertiary alicyclic amines) is 1. The Morgan fingerprint density at radius 2 is 1.95 bits per heavy atom. The van der Waals surface area contributed by atoms with E-state index in [9.17, 15) is 4.79 Å². The van der Waals surface area contributed by atoms with Crippen molar-refractivity contribution in [2.75, 3.05) is 18.4 Å². The Morgan fingerprint density at radius 1 is 1.30 bits per heavy atom. The lowest BCUT2D eigenvalue weighted by molar-refractivity contribution is 0.0105. The summed E-state index contributed by atoms with van der Waals surface area (Å²) in [5.41, 5.74) is 3.27. The van der Waals surface area contributed by atoms with Crippen molar-refractivity contribution in [2.24, 2.45) is 0 Å². The number of carbonyl (C=O) groups excluding carboxylic acids is 1. The first kappa shape index (κ1) is 14.7. The van der Waals surface area contributed by atoms with Gasteiger partial charge < -0.3 is 15.0 Å². The molecule has 0 radical (unpaired) electrons. The van der Waals surface area contributed by atoms with E-state index in [0.717, 1.165) is 5.69 Å². The summed E-state index contributed by atoms with van der Waals surface area (Å²) in [7, 11) is 0. The van der Waals surface area contributed by atoms with E-state index in [2.05, 4.69) is 37.4 Å². The SMILES string of the molecule is Cc1cccc(NC2CN(C(=O)OC(C)(C)C)C2)c1C. The molecule has 0 atom stereocenters. The minimum absolute atomic E-state index is 0.225. The fourth-order valence-corrected chi connectivity index (χ4v) is 2.17. The number of carbonyl (C=O) groups is 1. The van der Waals surface area contributed by atoms with Crippen LogP contribution >= 0.6 is 0 Å². The van der Waals surface area contributed by atoms with Crippen molar-refractivity contribution in [3.8, 4) is 0 Å². The van der Waals surface area contributed by atoms with Crippen molar-refractivity contribution in [2.45, 2.75) is 46.3 Å². The molecule has 4 heteroatoms. The molecule has 2 rings (SSSR count). The van der Waals surface area contributed by atoms with Gasteiger partial charge in [0.15, 0.2) is 0 Å². The molecular weight excluding hydrogens is 252 g/mol. The van der Waals surface area contributed by atoms with Crippen LogP contribution in [0.5, 0.6) is 0 Å². The molecule has 1 amide bonds. The van der Waals surface area contributed by atoms with Crippen LogP contribution in [0.4, 0.5) is 10.5 Å². The smallest absolute Gasteiger partial charge is 0.410 e. The number of hydrogen-bond donors (Lipinski definition) is 1. The van der Waals surface area contributed by atoms with Gasteiger partial charge in [-0.2, -0.15) is 0 Å². The lowest BCUT2D eigenvalue weighted by atomic mass is 10.1. The molecular formula is C16H24N2O2. The molecule has 0 aromatic heterocycles. The predicted molar refractivity (Wildman–Crippen MR) is 81.1 cm³/mol. The van der Waals surface area contributed by atoms with Crippen molar-refractivity contribution in [1.82, 2.24) is 4.90 Å². The van der Waals surface area contributed by atoms with Crippen LogP contribution in [0.2, 0.25) is 0 Å². The molecule has 1 aromatic carbocycles. The Balaban J connectivity index is 1.85. The lowest BCUT2D eigenvalue weighted by Crippen LogP contribution is -2.58. The number of nitrogens with zero attached hydrogens (tertiary/aromatic N) is 1. The number of ether oxygens (including phenoxy) is 1. The zero-order chi connectivity index (χ0) is 14.9. The van der Waals surface area contributed by atoms with E-state index >= 15 is 0 Å². The molecule has 0 unspecified atom stereocenters. The van der Waals surface area contributed by atoms with Gasteiger partial charge in [0.05, 0.1) is 6.04 Å². The van der Waals surface area contributed by atoms with Crippen molar-refractivity contribution in [3.63, 3.8) is 0 Å². The molecule has 0 bridgehead atoms. The van der Waals surface area contributed by atoms with Gasteiger partial charge in [-0.25, -0.2) is 4.79 Å². The molecule has 1 aromatic rings. The average Bonchev–Trinajstić information content (AvgIpc) is 2.25. The molecule has 1 fully saturated rings. The van der Waals surface area contributed by atoms with Gasteiger partial charge in [-0.15, -0.1) is 0 Å². The van der Waals surface area contributed by atoms with E-state index in [1.807, 2.05) is 20.8 Å². The van der Waals surface area contributed by atoms with Crippen LogP contribution in [-0.2, 0) is 4.74 Å². The van der Waals surface area contributed by atoms with Gasteiger partial charge in [0.2, 0.25) is 0 Å². The number of benzene rings is 1. The summed E-state index contributed by atoms with van der Waals surface area (Å²) >= 11 is 0. The maximum absolute atomic E-state index is 11.8. The van der Waals surface area contributed by atoms with E-state index in [4.69, 9.17) is 4.74 Å². The van der Waals surface area contributed by atoms with Crippen molar-refractivity contribution < 1.29 is 9.53 Å². The first-order chi connectivity index (χ1) is 9.26. The quantitative estimate of drug-likeness (QED) is 0.900. The Morgan fingerprint density at radius 3 is 2.55 bits per heavy atom. The molecule has 1 aliphatic rings. The van der Waals surface area contributed by atoms with Gasteiger partial charge in [0.1, 0.15) is 5.60 Å². The first-order valence-electron chi connectivity index (χ1n) is 7.07. The minimum Gasteiger partial charge on any atom is -0.444 e. The molecule has 110 valence electrons. The standard InChI is InChI=1S/C16H24N2O2/c1-11-7-6-8-14(12(11)2)17-13-9-18(10-13)15(19)20-16(3,4)5/h6-8,13,17H,9-10H2,1-5H3. The maximum Gasteiger partial charge on any atom is 0.410 e. The lowest BCUT2D eigenvalue weighted by Gasteiger charge is -2.40. The zero-order valence-corrected chi connectivity index (χ0v) is 13.0. The zero-order valence-electron chi connectivity index (χ0n) is 13.0. The van der Waals surface area contributed by atoms with Crippen LogP contribution in [0.25, 0.3) is 0 Å². The third-order valence-corrected chi connectivity index (χ3v) is 3.50. The number of anilines is 1. The van der Waals surface area contributed by atoms with Crippen LogP contribution in [0.3, 0.4) is 0 Å². The molecule has 1 N–H and O–H groups in total. The van der Waals surface area contributed by atoms with Crippen LogP contribution in [0.1, 0.15) is 31.9 Å². The molecule has 0 aliphatic carbocycles. The number of hydrogen-bond acceptors (Lipinski definition) is 3. The minimum atomic E-state index is -0.428. The van der Waals surface area contributed by atoms with E-state index in [-0.39, 0.29) is 6.09 Å². The molecule has 0 spiro atoms. The highest BCUT2D eigenvalue weighted by Crippen LogP contribution is 2.22. The molecule has 4 nitrogen and oxygen atoms in total. The summed E-state index contributed by atoms with van der Waals surface area (Å²) in [5.74, 6) is 0. The highest BCUT2D eigenvalue weighted by Gasteiger charge is 2.33. The van der Waals surface area contributed by atoms with Crippen molar-refractivity contribution in [3.05, 3.63) is 29.3 Å². The first-order valence-corrected chi connectivity index (χ1v) is 7.07. The van der Waals surface area contributed by atoms with Gasteiger partial charge in [0.25, 0.3) is 0 Å². The second-order valence-electron chi connectivity index (χ2n) is 6.47.